The van der Waals surface area contributed by atoms with E-state index in [1.807, 2.05) is 6.07 Å². The van der Waals surface area contributed by atoms with E-state index in [9.17, 15) is 19.2 Å². The van der Waals surface area contributed by atoms with Gasteiger partial charge in [-0.05, 0) is 37.3 Å². The summed E-state index contributed by atoms with van der Waals surface area (Å²) in [5, 5.41) is 2.95. The fraction of sp³-hybridized carbons (Fsp3) is 0.208. The molecule has 0 saturated heterocycles. The number of hydrogen-bond donors (Lipinski definition) is 1. The highest BCUT2D eigenvalue weighted by molar-refractivity contribution is 6.03. The monoisotopic (exact) mass is 465 g/mol. The summed E-state index contributed by atoms with van der Waals surface area (Å²) < 4.78 is 15.6. The maximum atomic E-state index is 13.3. The van der Waals surface area contributed by atoms with Crippen LogP contribution in [0.2, 0.25) is 0 Å². The van der Waals surface area contributed by atoms with Crippen molar-refractivity contribution in [2.24, 2.45) is 4.99 Å². The number of carbonyl (C=O) groups is 3. The van der Waals surface area contributed by atoms with Crippen molar-refractivity contribution in [3.8, 4) is 5.69 Å². The topological polar surface area (TPSA) is 129 Å². The van der Waals surface area contributed by atoms with Gasteiger partial charge in [-0.2, -0.15) is 0 Å². The van der Waals surface area contributed by atoms with Crippen molar-refractivity contribution < 1.29 is 28.6 Å². The first-order chi connectivity index (χ1) is 16.3. The first-order valence-electron chi connectivity index (χ1n) is 10.1. The normalized spacial score (nSPS) is 11.1. The molecule has 0 atom stereocenters. The molecule has 2 aromatic carbocycles. The molecule has 0 aliphatic rings. The summed E-state index contributed by atoms with van der Waals surface area (Å²) in [6, 6.07) is 13.0. The highest BCUT2D eigenvalue weighted by Gasteiger charge is 2.21. The molecule has 0 unspecified atom stereocenters. The van der Waals surface area contributed by atoms with Crippen LogP contribution in [0.15, 0.2) is 58.3 Å². The minimum Gasteiger partial charge on any atom is -0.469 e. The lowest BCUT2D eigenvalue weighted by atomic mass is 10.1. The van der Waals surface area contributed by atoms with Crippen molar-refractivity contribution in [3.05, 3.63) is 81.3 Å². The van der Waals surface area contributed by atoms with Crippen LogP contribution in [0.5, 0.6) is 0 Å². The van der Waals surface area contributed by atoms with Gasteiger partial charge in [0.2, 0.25) is 0 Å². The number of aliphatic imine (C=N–C) groups is 1. The number of benzene rings is 2. The van der Waals surface area contributed by atoms with Gasteiger partial charge < -0.3 is 14.2 Å². The van der Waals surface area contributed by atoms with E-state index in [-0.39, 0.29) is 34.5 Å². The maximum Gasteiger partial charge on any atom is 0.337 e. The van der Waals surface area contributed by atoms with Gasteiger partial charge in [-0.15, -0.1) is 0 Å². The van der Waals surface area contributed by atoms with E-state index in [1.165, 1.54) is 44.2 Å². The lowest BCUT2D eigenvalue weighted by molar-refractivity contribution is -0.139. The van der Waals surface area contributed by atoms with Crippen LogP contribution in [0.1, 0.15) is 38.9 Å². The van der Waals surface area contributed by atoms with Crippen LogP contribution in [0, 0.1) is 0 Å². The predicted octanol–water partition coefficient (Wildman–Crippen LogP) is 2.60. The highest BCUT2D eigenvalue weighted by atomic mass is 16.5. The third-order valence-corrected chi connectivity index (χ3v) is 4.95. The highest BCUT2D eigenvalue weighted by Crippen LogP contribution is 2.21. The van der Waals surface area contributed by atoms with Crippen molar-refractivity contribution >= 4 is 29.3 Å². The van der Waals surface area contributed by atoms with E-state index in [4.69, 9.17) is 14.2 Å². The Morgan fingerprint density at radius 2 is 1.50 bits per heavy atom. The molecule has 1 heterocycles. The molecule has 0 radical (unpaired) electrons. The van der Waals surface area contributed by atoms with Crippen molar-refractivity contribution in [1.29, 1.82) is 0 Å². The lowest BCUT2D eigenvalue weighted by Gasteiger charge is -2.06. The van der Waals surface area contributed by atoms with E-state index >= 15 is 0 Å². The van der Waals surface area contributed by atoms with E-state index in [2.05, 4.69) is 10.1 Å². The first-order valence-corrected chi connectivity index (χ1v) is 10.1. The Morgan fingerprint density at radius 3 is 2.03 bits per heavy atom. The van der Waals surface area contributed by atoms with Gasteiger partial charge in [0.1, 0.15) is 0 Å². The van der Waals surface area contributed by atoms with Crippen LogP contribution in [0.3, 0.4) is 0 Å². The summed E-state index contributed by atoms with van der Waals surface area (Å²) in [6.07, 6.45) is -0.191. The molecule has 10 heteroatoms. The summed E-state index contributed by atoms with van der Waals surface area (Å²) in [4.78, 5) is 53.9. The van der Waals surface area contributed by atoms with Gasteiger partial charge in [0.15, 0.2) is 0 Å². The van der Waals surface area contributed by atoms with Crippen molar-refractivity contribution in [3.63, 3.8) is 0 Å². The Labute approximate surface area is 194 Å². The number of methoxy groups -OCH3 is 3. The molecule has 3 rings (SSSR count). The minimum absolute atomic E-state index is 0.0856. The summed E-state index contributed by atoms with van der Waals surface area (Å²) in [6.45, 7) is 1.59. The quantitative estimate of drug-likeness (QED) is 0.323. The Morgan fingerprint density at radius 1 is 0.912 bits per heavy atom. The van der Waals surface area contributed by atoms with Crippen LogP contribution in [-0.4, -0.2) is 54.7 Å². The van der Waals surface area contributed by atoms with Crippen LogP contribution >= 0.6 is 0 Å². The molecular formula is C24H23N3O7. The zero-order valence-electron chi connectivity index (χ0n) is 19.1. The van der Waals surface area contributed by atoms with Crippen LogP contribution in [0.25, 0.3) is 5.69 Å². The summed E-state index contributed by atoms with van der Waals surface area (Å²) in [5.74, 6) is -1.88. The van der Waals surface area contributed by atoms with E-state index < -0.39 is 23.5 Å². The minimum atomic E-state index is -0.667. The zero-order valence-corrected chi connectivity index (χ0v) is 19.1. The number of H-pyrrole nitrogens is 1. The number of para-hydroxylation sites is 1. The molecule has 1 aromatic heterocycles. The molecular weight excluding hydrogens is 442 g/mol. The fourth-order valence-electron chi connectivity index (χ4n) is 3.36. The van der Waals surface area contributed by atoms with Crippen molar-refractivity contribution in [2.45, 2.75) is 13.3 Å². The van der Waals surface area contributed by atoms with Gasteiger partial charge in [-0.1, -0.05) is 18.2 Å². The number of hydrogen-bond acceptors (Lipinski definition) is 8. The van der Waals surface area contributed by atoms with Gasteiger partial charge in [-0.3, -0.25) is 19.7 Å². The molecule has 10 nitrogen and oxygen atoms in total. The number of nitrogens with one attached hydrogen (secondary N) is 1. The van der Waals surface area contributed by atoms with Crippen molar-refractivity contribution in [1.82, 2.24) is 9.78 Å². The maximum absolute atomic E-state index is 13.3. The molecule has 0 spiro atoms. The predicted molar refractivity (Wildman–Crippen MR) is 123 cm³/mol. The second kappa shape index (κ2) is 10.4. The van der Waals surface area contributed by atoms with E-state index in [1.54, 1.807) is 31.2 Å². The largest absolute Gasteiger partial charge is 0.469 e. The lowest BCUT2D eigenvalue weighted by Crippen LogP contribution is -2.20. The number of esters is 3. The van der Waals surface area contributed by atoms with E-state index in [0.717, 1.165) is 0 Å². The number of aromatic amines is 1. The Kier molecular flexibility index (Phi) is 7.42. The van der Waals surface area contributed by atoms with Crippen molar-refractivity contribution in [2.75, 3.05) is 21.3 Å². The van der Waals surface area contributed by atoms with Gasteiger partial charge in [-0.25, -0.2) is 14.3 Å². The second-order valence-corrected chi connectivity index (χ2v) is 7.14. The molecule has 0 fully saturated rings. The molecule has 34 heavy (non-hydrogen) atoms. The Balaban J connectivity index is 2.17. The summed E-state index contributed by atoms with van der Waals surface area (Å²) in [5.41, 5.74) is 1.26. The van der Waals surface area contributed by atoms with Gasteiger partial charge in [0.25, 0.3) is 5.56 Å². The third-order valence-electron chi connectivity index (χ3n) is 4.95. The average Bonchev–Trinajstić information content (AvgIpc) is 3.18. The first kappa shape index (κ1) is 24.2. The van der Waals surface area contributed by atoms with Crippen LogP contribution in [-0.2, 0) is 25.4 Å². The molecule has 1 N–H and O–H groups in total. The third kappa shape index (κ3) is 5.12. The molecule has 0 aliphatic heterocycles. The molecule has 3 aromatic rings. The smallest absolute Gasteiger partial charge is 0.337 e. The number of ether oxygens (including phenoxy) is 3. The van der Waals surface area contributed by atoms with Crippen LogP contribution in [0.4, 0.5) is 5.69 Å². The fourth-order valence-corrected chi connectivity index (χ4v) is 3.36. The Hall–Kier alpha value is -4.47. The zero-order chi connectivity index (χ0) is 24.8. The Bertz CT molecular complexity index is 1290. The van der Waals surface area contributed by atoms with E-state index in [0.29, 0.717) is 11.4 Å². The number of aromatic nitrogens is 2. The average molecular weight is 465 g/mol. The number of nitrogens with zero attached hydrogens (tertiary/aromatic N) is 2. The summed E-state index contributed by atoms with van der Waals surface area (Å²) >= 11 is 0. The number of carbonyl (C=O) groups excluding carboxylic acids is 3. The van der Waals surface area contributed by atoms with Gasteiger partial charge in [0, 0.05) is 0 Å². The second-order valence-electron chi connectivity index (χ2n) is 7.14. The molecule has 0 aliphatic carbocycles. The van der Waals surface area contributed by atoms with Gasteiger partial charge in [0.05, 0.1) is 67.2 Å². The molecule has 0 bridgehead atoms. The standard InChI is InChI=1S/C24H23N3O7/c1-14(25-17-11-15(23(30)33-3)10-16(12-17)24(31)34-4)21-19(13-20(28)32-2)26-27(22(21)29)18-8-6-5-7-9-18/h5-12,26H,13H2,1-4H3. The molecule has 0 amide bonds. The summed E-state index contributed by atoms with van der Waals surface area (Å²) in [7, 11) is 3.68. The molecule has 0 saturated carbocycles. The number of rotatable bonds is 7. The SMILES string of the molecule is COC(=O)Cc1[nH]n(-c2ccccc2)c(=O)c1C(C)=Nc1cc(C(=O)OC)cc(C(=O)OC)c1. The van der Waals surface area contributed by atoms with Crippen LogP contribution < -0.4 is 5.56 Å². The molecule has 176 valence electrons. The van der Waals surface area contributed by atoms with Gasteiger partial charge >= 0.3 is 17.9 Å².